The first-order chi connectivity index (χ1) is 12.2. The van der Waals surface area contributed by atoms with E-state index in [2.05, 4.69) is 4.72 Å². The molecule has 1 saturated heterocycles. The van der Waals surface area contributed by atoms with Crippen molar-refractivity contribution in [3.05, 3.63) is 24.3 Å². The van der Waals surface area contributed by atoms with Crippen LogP contribution in [-0.2, 0) is 14.8 Å². The summed E-state index contributed by atoms with van der Waals surface area (Å²) in [6.07, 6.45) is 2.73. The average molecular weight is 420 g/mol. The Bertz CT molecular complexity index is 708. The van der Waals surface area contributed by atoms with Gasteiger partial charge in [-0.1, -0.05) is 0 Å². The number of halogens is 1. The van der Waals surface area contributed by atoms with Crippen LogP contribution < -0.4 is 15.2 Å². The van der Waals surface area contributed by atoms with Crippen LogP contribution in [-0.4, -0.2) is 49.7 Å². The number of hydrogen-bond acceptors (Lipinski definition) is 5. The van der Waals surface area contributed by atoms with Gasteiger partial charge in [0, 0.05) is 24.3 Å². The molecule has 2 unspecified atom stereocenters. The van der Waals surface area contributed by atoms with Crippen LogP contribution in [0.5, 0.6) is 5.75 Å². The van der Waals surface area contributed by atoms with E-state index in [9.17, 15) is 13.2 Å². The molecule has 0 spiro atoms. The summed E-state index contributed by atoms with van der Waals surface area (Å²) in [4.78, 5) is 14.1. The number of anilines is 1. The summed E-state index contributed by atoms with van der Waals surface area (Å²) in [5.41, 5.74) is 6.36. The highest BCUT2D eigenvalue weighted by atomic mass is 35.5. The molecular formula is C18H30ClN3O4S. The SMILES string of the molecule is CC(C)Oc1ccc(NS(=O)(=O)CC(=O)N2CCCCC2C(C)N)cc1.Cl. The lowest BCUT2D eigenvalue weighted by molar-refractivity contribution is -0.132. The van der Waals surface area contributed by atoms with Gasteiger partial charge in [0.15, 0.2) is 0 Å². The van der Waals surface area contributed by atoms with Gasteiger partial charge in [-0.3, -0.25) is 9.52 Å². The Balaban J connectivity index is 0.00000364. The van der Waals surface area contributed by atoms with E-state index < -0.39 is 21.7 Å². The molecule has 7 nitrogen and oxygen atoms in total. The van der Waals surface area contributed by atoms with E-state index in [1.165, 1.54) is 0 Å². The zero-order valence-electron chi connectivity index (χ0n) is 16.1. The number of amides is 1. The van der Waals surface area contributed by atoms with Gasteiger partial charge in [0.1, 0.15) is 11.5 Å². The van der Waals surface area contributed by atoms with Gasteiger partial charge in [0.2, 0.25) is 15.9 Å². The molecule has 0 bridgehead atoms. The number of hydrogen-bond donors (Lipinski definition) is 2. The van der Waals surface area contributed by atoms with Crippen LogP contribution in [0.25, 0.3) is 0 Å². The quantitative estimate of drug-likeness (QED) is 0.706. The topological polar surface area (TPSA) is 102 Å². The molecule has 1 aliphatic rings. The largest absolute Gasteiger partial charge is 0.491 e. The first-order valence-electron chi connectivity index (χ1n) is 9.00. The van der Waals surface area contributed by atoms with Crippen LogP contribution in [0.4, 0.5) is 5.69 Å². The standard InChI is InChI=1S/C18H29N3O4S.ClH/c1-13(2)25-16-9-7-15(8-10-16)20-26(23,24)12-18(22)21-11-5-4-6-17(21)14(3)19;/h7-10,13-14,17,20H,4-6,11-12,19H2,1-3H3;1H. The van der Waals surface area contributed by atoms with E-state index in [4.69, 9.17) is 10.5 Å². The fraction of sp³-hybridized carbons (Fsp3) is 0.611. The van der Waals surface area contributed by atoms with E-state index in [1.807, 2.05) is 20.8 Å². The molecule has 1 amide bonds. The highest BCUT2D eigenvalue weighted by molar-refractivity contribution is 7.93. The minimum Gasteiger partial charge on any atom is -0.491 e. The molecule has 154 valence electrons. The summed E-state index contributed by atoms with van der Waals surface area (Å²) in [6, 6.07) is 6.34. The molecule has 27 heavy (non-hydrogen) atoms. The Morgan fingerprint density at radius 2 is 1.89 bits per heavy atom. The van der Waals surface area contributed by atoms with Crippen LogP contribution >= 0.6 is 12.4 Å². The van der Waals surface area contributed by atoms with Crippen molar-refractivity contribution in [1.29, 1.82) is 0 Å². The maximum Gasteiger partial charge on any atom is 0.241 e. The molecule has 0 aromatic heterocycles. The summed E-state index contributed by atoms with van der Waals surface area (Å²) in [5.74, 6) is -0.327. The van der Waals surface area contributed by atoms with Gasteiger partial charge in [0.25, 0.3) is 0 Å². The van der Waals surface area contributed by atoms with Gasteiger partial charge in [0.05, 0.1) is 6.10 Å². The molecule has 9 heteroatoms. The van der Waals surface area contributed by atoms with Gasteiger partial charge in [-0.15, -0.1) is 12.4 Å². The second-order valence-corrected chi connectivity index (χ2v) is 8.78. The third-order valence-corrected chi connectivity index (χ3v) is 5.46. The normalized spacial score (nSPS) is 18.6. The molecular weight excluding hydrogens is 390 g/mol. The third-order valence-electron chi connectivity index (χ3n) is 4.29. The first-order valence-corrected chi connectivity index (χ1v) is 10.7. The molecule has 2 rings (SSSR count). The zero-order chi connectivity index (χ0) is 19.3. The lowest BCUT2D eigenvalue weighted by atomic mass is 9.97. The molecule has 1 aliphatic heterocycles. The summed E-state index contributed by atoms with van der Waals surface area (Å²) in [7, 11) is -3.79. The van der Waals surface area contributed by atoms with Gasteiger partial charge in [-0.05, 0) is 64.3 Å². The fourth-order valence-electron chi connectivity index (χ4n) is 3.15. The number of likely N-dealkylation sites (tertiary alicyclic amines) is 1. The second kappa shape index (κ2) is 10.1. The smallest absolute Gasteiger partial charge is 0.241 e. The number of carbonyl (C=O) groups is 1. The summed E-state index contributed by atoms with van der Waals surface area (Å²) in [5, 5.41) is 0. The minimum absolute atomic E-state index is 0. The van der Waals surface area contributed by atoms with Crippen molar-refractivity contribution >= 4 is 34.0 Å². The first kappa shape index (κ1) is 23.5. The molecule has 0 aliphatic carbocycles. The van der Waals surface area contributed by atoms with Gasteiger partial charge in [-0.25, -0.2) is 8.42 Å². The van der Waals surface area contributed by atoms with Crippen molar-refractivity contribution in [1.82, 2.24) is 4.90 Å². The Morgan fingerprint density at radius 3 is 2.44 bits per heavy atom. The van der Waals surface area contributed by atoms with Gasteiger partial charge in [-0.2, -0.15) is 0 Å². The van der Waals surface area contributed by atoms with Crippen LogP contribution in [0.3, 0.4) is 0 Å². The lowest BCUT2D eigenvalue weighted by Crippen LogP contribution is -2.53. The Labute approximate surface area is 168 Å². The molecule has 2 atom stereocenters. The monoisotopic (exact) mass is 419 g/mol. The zero-order valence-corrected chi connectivity index (χ0v) is 17.7. The van der Waals surface area contributed by atoms with Crippen molar-refractivity contribution in [3.63, 3.8) is 0 Å². The molecule has 0 saturated carbocycles. The summed E-state index contributed by atoms with van der Waals surface area (Å²) in [6.45, 7) is 6.24. The van der Waals surface area contributed by atoms with Crippen molar-refractivity contribution < 1.29 is 17.9 Å². The van der Waals surface area contributed by atoms with E-state index >= 15 is 0 Å². The second-order valence-electron chi connectivity index (χ2n) is 7.06. The van der Waals surface area contributed by atoms with Crippen molar-refractivity contribution in [2.45, 2.75) is 58.2 Å². The number of sulfonamides is 1. The van der Waals surface area contributed by atoms with Crippen LogP contribution in [0.15, 0.2) is 24.3 Å². The fourth-order valence-corrected chi connectivity index (χ4v) is 4.21. The molecule has 1 heterocycles. The maximum atomic E-state index is 12.5. The van der Waals surface area contributed by atoms with Gasteiger partial charge < -0.3 is 15.4 Å². The molecule has 0 radical (unpaired) electrons. The predicted molar refractivity (Wildman–Crippen MR) is 110 cm³/mol. The van der Waals surface area contributed by atoms with Crippen molar-refractivity contribution in [2.75, 3.05) is 17.0 Å². The third kappa shape index (κ3) is 7.20. The van der Waals surface area contributed by atoms with E-state index in [0.29, 0.717) is 18.0 Å². The highest BCUT2D eigenvalue weighted by Gasteiger charge is 2.31. The van der Waals surface area contributed by atoms with E-state index in [0.717, 1.165) is 19.3 Å². The molecule has 1 aromatic carbocycles. The van der Waals surface area contributed by atoms with Crippen molar-refractivity contribution in [3.8, 4) is 5.75 Å². The van der Waals surface area contributed by atoms with E-state index in [1.54, 1.807) is 29.2 Å². The van der Waals surface area contributed by atoms with Crippen LogP contribution in [0, 0.1) is 0 Å². The predicted octanol–water partition coefficient (Wildman–Crippen LogP) is 2.37. The number of piperidine rings is 1. The number of nitrogens with one attached hydrogen (secondary N) is 1. The number of ether oxygens (including phenoxy) is 1. The van der Waals surface area contributed by atoms with E-state index in [-0.39, 0.29) is 30.6 Å². The Kier molecular flexibility index (Phi) is 8.84. The number of nitrogens with zero attached hydrogens (tertiary/aromatic N) is 1. The summed E-state index contributed by atoms with van der Waals surface area (Å²) >= 11 is 0. The van der Waals surface area contributed by atoms with Crippen LogP contribution in [0.2, 0.25) is 0 Å². The Morgan fingerprint density at radius 1 is 1.26 bits per heavy atom. The highest BCUT2D eigenvalue weighted by Crippen LogP contribution is 2.21. The molecule has 1 aromatic rings. The van der Waals surface area contributed by atoms with Crippen molar-refractivity contribution in [2.24, 2.45) is 5.73 Å². The minimum atomic E-state index is -3.79. The van der Waals surface area contributed by atoms with Gasteiger partial charge >= 0.3 is 0 Å². The average Bonchev–Trinajstić information content (AvgIpc) is 2.55. The number of nitrogens with two attached hydrogens (primary N) is 1. The number of benzene rings is 1. The lowest BCUT2D eigenvalue weighted by Gasteiger charge is -2.38. The Hall–Kier alpha value is -1.51. The number of rotatable bonds is 7. The molecule has 1 fully saturated rings. The van der Waals surface area contributed by atoms with Crippen LogP contribution in [0.1, 0.15) is 40.0 Å². The maximum absolute atomic E-state index is 12.5. The number of carbonyl (C=O) groups excluding carboxylic acids is 1. The molecule has 3 N–H and O–H groups in total. The summed E-state index contributed by atoms with van der Waals surface area (Å²) < 4.78 is 32.7.